The topological polar surface area (TPSA) is 29.1 Å². The molecule has 1 N–H and O–H groups in total. The number of carbonyl (C=O) groups is 1. The molecule has 1 amide bonds. The first-order valence-corrected chi connectivity index (χ1v) is 7.55. The van der Waals surface area contributed by atoms with Gasteiger partial charge in [-0.1, -0.05) is 13.0 Å². The van der Waals surface area contributed by atoms with E-state index in [1.807, 2.05) is 6.26 Å². The fraction of sp³-hybridized carbons (Fsp3) is 0.500. The third kappa shape index (κ3) is 3.25. The predicted octanol–water partition coefficient (Wildman–Crippen LogP) is 2.96. The second-order valence-corrected chi connectivity index (χ2v) is 5.75. The van der Waals surface area contributed by atoms with Crippen LogP contribution in [-0.4, -0.2) is 12.2 Å². The molecule has 2 rings (SSSR count). The van der Waals surface area contributed by atoms with Gasteiger partial charge < -0.3 is 5.32 Å². The molecule has 1 aromatic carbocycles. The van der Waals surface area contributed by atoms with Crippen LogP contribution in [0.2, 0.25) is 0 Å². The Morgan fingerprint density at radius 3 is 2.83 bits per heavy atom. The number of benzene rings is 1. The van der Waals surface area contributed by atoms with E-state index >= 15 is 0 Å². The summed E-state index contributed by atoms with van der Waals surface area (Å²) in [5.74, 6) is 1.38. The summed E-state index contributed by atoms with van der Waals surface area (Å²) in [6, 6.07) is 4.76. The molecule has 18 heavy (non-hydrogen) atoms. The van der Waals surface area contributed by atoms with Gasteiger partial charge in [0, 0.05) is 18.2 Å². The Hall–Kier alpha value is -1.03. The van der Waals surface area contributed by atoms with Crippen LogP contribution in [0.1, 0.15) is 24.5 Å². The van der Waals surface area contributed by atoms with Gasteiger partial charge in [-0.3, -0.25) is 4.79 Å². The maximum atomic E-state index is 13.2. The molecule has 1 aromatic rings. The normalized spacial score (nSPS) is 21.7. The van der Waals surface area contributed by atoms with Crippen molar-refractivity contribution in [3.8, 4) is 0 Å². The van der Waals surface area contributed by atoms with Gasteiger partial charge in [-0.05, 0) is 41.9 Å². The molecule has 1 aliphatic carbocycles. The molecule has 0 spiro atoms. The number of hydrogen-bond acceptors (Lipinski definition) is 2. The molecule has 2 atom stereocenters. The minimum Gasteiger partial charge on any atom is -0.352 e. The fourth-order valence-electron chi connectivity index (χ4n) is 2.06. The summed E-state index contributed by atoms with van der Waals surface area (Å²) < 4.78 is 13.2. The van der Waals surface area contributed by atoms with Crippen LogP contribution in [-0.2, 0) is 17.1 Å². The number of amides is 1. The van der Waals surface area contributed by atoms with Gasteiger partial charge in [-0.15, -0.1) is 0 Å². The van der Waals surface area contributed by atoms with Crippen molar-refractivity contribution in [2.45, 2.75) is 25.6 Å². The Kier molecular flexibility index (Phi) is 4.27. The molecule has 4 heteroatoms. The van der Waals surface area contributed by atoms with Gasteiger partial charge in [-0.25, -0.2) is 4.39 Å². The third-order valence-corrected chi connectivity index (χ3v) is 3.97. The van der Waals surface area contributed by atoms with Crippen molar-refractivity contribution in [3.05, 3.63) is 35.1 Å². The maximum absolute atomic E-state index is 13.2. The van der Waals surface area contributed by atoms with Gasteiger partial charge in [-0.2, -0.15) is 11.8 Å². The minimum atomic E-state index is -0.218. The standard InChI is InChI=1S/C14H18FNOS/c1-9-5-13(9)14(17)16-7-10-3-4-12(15)6-11(10)8-18-2/h3-4,6,9,13H,5,7-8H2,1-2H3,(H,16,17)/t9-,13-/m0/s1. The van der Waals surface area contributed by atoms with Crippen LogP contribution in [0.25, 0.3) is 0 Å². The van der Waals surface area contributed by atoms with Crippen LogP contribution < -0.4 is 5.32 Å². The smallest absolute Gasteiger partial charge is 0.223 e. The molecule has 0 heterocycles. The molecule has 0 aromatic heterocycles. The van der Waals surface area contributed by atoms with Crippen molar-refractivity contribution in [1.29, 1.82) is 0 Å². The Balaban J connectivity index is 1.97. The largest absolute Gasteiger partial charge is 0.352 e. The average molecular weight is 267 g/mol. The third-order valence-electron chi connectivity index (χ3n) is 3.37. The summed E-state index contributed by atoms with van der Waals surface area (Å²) in [7, 11) is 0. The zero-order valence-corrected chi connectivity index (χ0v) is 11.5. The summed E-state index contributed by atoms with van der Waals surface area (Å²) in [5.41, 5.74) is 1.97. The maximum Gasteiger partial charge on any atom is 0.223 e. The van der Waals surface area contributed by atoms with E-state index in [0.29, 0.717) is 12.5 Å². The van der Waals surface area contributed by atoms with E-state index in [9.17, 15) is 9.18 Å². The first-order valence-electron chi connectivity index (χ1n) is 6.15. The Morgan fingerprint density at radius 1 is 1.50 bits per heavy atom. The van der Waals surface area contributed by atoms with E-state index in [1.54, 1.807) is 23.9 Å². The van der Waals surface area contributed by atoms with E-state index < -0.39 is 0 Å². The highest BCUT2D eigenvalue weighted by Gasteiger charge is 2.38. The van der Waals surface area contributed by atoms with Crippen LogP contribution in [0.5, 0.6) is 0 Å². The molecule has 1 fully saturated rings. The molecular formula is C14H18FNOS. The van der Waals surface area contributed by atoms with Crippen LogP contribution in [0, 0.1) is 17.7 Å². The quantitative estimate of drug-likeness (QED) is 0.888. The van der Waals surface area contributed by atoms with Gasteiger partial charge in [0.25, 0.3) is 0 Å². The van der Waals surface area contributed by atoms with E-state index in [1.165, 1.54) is 6.07 Å². The number of halogens is 1. The summed E-state index contributed by atoms with van der Waals surface area (Å²) in [5, 5.41) is 2.94. The van der Waals surface area contributed by atoms with Gasteiger partial charge in [0.15, 0.2) is 0 Å². The zero-order valence-electron chi connectivity index (χ0n) is 10.7. The molecular weight excluding hydrogens is 249 g/mol. The molecule has 98 valence electrons. The number of rotatable bonds is 5. The lowest BCUT2D eigenvalue weighted by atomic mass is 10.1. The predicted molar refractivity (Wildman–Crippen MR) is 72.7 cm³/mol. The lowest BCUT2D eigenvalue weighted by Gasteiger charge is -2.10. The lowest BCUT2D eigenvalue weighted by molar-refractivity contribution is -0.122. The van der Waals surface area contributed by atoms with Crippen molar-refractivity contribution in [3.63, 3.8) is 0 Å². The van der Waals surface area contributed by atoms with Crippen molar-refractivity contribution in [1.82, 2.24) is 5.32 Å². The minimum absolute atomic E-state index is 0.127. The van der Waals surface area contributed by atoms with Crippen LogP contribution in [0.3, 0.4) is 0 Å². The molecule has 0 unspecified atom stereocenters. The SMILES string of the molecule is CSCc1cc(F)ccc1CNC(=O)[C@H]1C[C@@H]1C. The fourth-order valence-corrected chi connectivity index (χ4v) is 2.64. The number of thioether (sulfide) groups is 1. The second kappa shape index (κ2) is 5.74. The van der Waals surface area contributed by atoms with Gasteiger partial charge in [0.2, 0.25) is 5.91 Å². The molecule has 0 bridgehead atoms. The van der Waals surface area contributed by atoms with Gasteiger partial charge in [0.05, 0.1) is 0 Å². The molecule has 0 radical (unpaired) electrons. The average Bonchev–Trinajstić information content (AvgIpc) is 3.05. The summed E-state index contributed by atoms with van der Waals surface area (Å²) >= 11 is 1.65. The number of nitrogens with one attached hydrogen (secondary N) is 1. The van der Waals surface area contributed by atoms with Crippen LogP contribution in [0.4, 0.5) is 4.39 Å². The summed E-state index contributed by atoms with van der Waals surface area (Å²) in [6.45, 7) is 2.58. The first-order chi connectivity index (χ1) is 8.61. The highest BCUT2D eigenvalue weighted by Crippen LogP contribution is 2.37. The highest BCUT2D eigenvalue weighted by atomic mass is 32.2. The van der Waals surface area contributed by atoms with Crippen molar-refractivity contribution in [2.75, 3.05) is 6.26 Å². The molecule has 2 nitrogen and oxygen atoms in total. The molecule has 1 aliphatic rings. The molecule has 0 saturated heterocycles. The highest BCUT2D eigenvalue weighted by molar-refractivity contribution is 7.97. The zero-order chi connectivity index (χ0) is 13.1. The van der Waals surface area contributed by atoms with Gasteiger partial charge in [0.1, 0.15) is 5.82 Å². The van der Waals surface area contributed by atoms with Crippen LogP contribution >= 0.6 is 11.8 Å². The van der Waals surface area contributed by atoms with E-state index in [0.717, 1.165) is 23.3 Å². The summed E-state index contributed by atoms with van der Waals surface area (Å²) in [4.78, 5) is 11.7. The van der Waals surface area contributed by atoms with E-state index in [4.69, 9.17) is 0 Å². The van der Waals surface area contributed by atoms with Gasteiger partial charge >= 0.3 is 0 Å². The van der Waals surface area contributed by atoms with Crippen molar-refractivity contribution >= 4 is 17.7 Å². The Morgan fingerprint density at radius 2 is 2.22 bits per heavy atom. The van der Waals surface area contributed by atoms with Crippen LogP contribution in [0.15, 0.2) is 18.2 Å². The second-order valence-electron chi connectivity index (χ2n) is 4.88. The first kappa shape index (κ1) is 13.4. The van der Waals surface area contributed by atoms with E-state index in [-0.39, 0.29) is 17.6 Å². The molecule has 1 saturated carbocycles. The molecule has 0 aliphatic heterocycles. The number of carbonyl (C=O) groups excluding carboxylic acids is 1. The lowest BCUT2D eigenvalue weighted by Crippen LogP contribution is -2.25. The van der Waals surface area contributed by atoms with E-state index in [2.05, 4.69) is 12.2 Å². The summed E-state index contributed by atoms with van der Waals surface area (Å²) in [6.07, 6.45) is 2.98. The van der Waals surface area contributed by atoms with Crippen molar-refractivity contribution in [2.24, 2.45) is 11.8 Å². The Bertz CT molecular complexity index is 449. The monoisotopic (exact) mass is 267 g/mol. The number of hydrogen-bond donors (Lipinski definition) is 1. The Labute approximate surface area is 111 Å². The van der Waals surface area contributed by atoms with Crippen molar-refractivity contribution < 1.29 is 9.18 Å².